The van der Waals surface area contributed by atoms with Crippen LogP contribution in [0.5, 0.6) is 5.75 Å². The van der Waals surface area contributed by atoms with Crippen molar-refractivity contribution in [1.29, 1.82) is 0 Å². The molecule has 2 aromatic carbocycles. The number of amides is 1. The van der Waals surface area contributed by atoms with Gasteiger partial charge in [0, 0.05) is 34.3 Å². The van der Waals surface area contributed by atoms with E-state index in [-0.39, 0.29) is 23.7 Å². The summed E-state index contributed by atoms with van der Waals surface area (Å²) in [6, 6.07) is 11.6. The molecule has 2 aliphatic carbocycles. The second kappa shape index (κ2) is 11.8. The van der Waals surface area contributed by atoms with Crippen molar-refractivity contribution < 1.29 is 24.0 Å². The maximum atomic E-state index is 13.7. The van der Waals surface area contributed by atoms with Gasteiger partial charge in [-0.05, 0) is 116 Å². The predicted molar refractivity (Wildman–Crippen MR) is 174 cm³/mol. The van der Waals surface area contributed by atoms with Gasteiger partial charge in [0.1, 0.15) is 11.9 Å². The van der Waals surface area contributed by atoms with Crippen molar-refractivity contribution in [2.45, 2.75) is 81.2 Å². The molecule has 2 heterocycles. The zero-order valence-corrected chi connectivity index (χ0v) is 26.5. The van der Waals surface area contributed by atoms with Gasteiger partial charge in [0.15, 0.2) is 0 Å². The highest BCUT2D eigenvalue weighted by atomic mass is 35.5. The maximum Gasteiger partial charge on any atom is 0.262 e. The fourth-order valence-corrected chi connectivity index (χ4v) is 9.61. The standard InChI is InChI=1S/C34H43ClN2O5S/c1-4-26-10-13-30(38)32(39)21(2)27-11-7-24(27)18-37-19-34(15-5-6-22-16-25(35)9-12-28(22)34)20-42-31-14-8-23(17-29(31)37)33(40)36-43(26,3)41/h8-9,12,14,16-17,24,26-27,30,32,38-39H,2-7,10-11,13,15,18-20H2,1H3,(H,36,40,41)/t24-,26+,27-,30-,32-,34-,43?/m0/s1. The molecule has 0 radical (unpaired) electrons. The Morgan fingerprint density at radius 2 is 1.98 bits per heavy atom. The number of rotatable bonds is 1. The molecule has 1 fully saturated rings. The van der Waals surface area contributed by atoms with Crippen molar-refractivity contribution >= 4 is 38.8 Å². The summed E-state index contributed by atoms with van der Waals surface area (Å²) in [6.45, 7) is 8.06. The van der Waals surface area contributed by atoms with Crippen LogP contribution in [-0.2, 0) is 21.5 Å². The summed E-state index contributed by atoms with van der Waals surface area (Å²) in [4.78, 5) is 15.9. The van der Waals surface area contributed by atoms with Crippen molar-refractivity contribution in [3.05, 3.63) is 70.3 Å². The van der Waals surface area contributed by atoms with Crippen LogP contribution in [0.15, 0.2) is 48.6 Å². The molecule has 7 atom stereocenters. The highest BCUT2D eigenvalue weighted by Crippen LogP contribution is 2.47. The summed E-state index contributed by atoms with van der Waals surface area (Å²) >= 11 is 6.40. The summed E-state index contributed by atoms with van der Waals surface area (Å²) in [6.07, 6.45) is 3.88. The molecule has 43 heavy (non-hydrogen) atoms. The largest absolute Gasteiger partial charge is 0.490 e. The van der Waals surface area contributed by atoms with Gasteiger partial charge in [-0.1, -0.05) is 31.2 Å². The van der Waals surface area contributed by atoms with Crippen LogP contribution in [0.1, 0.15) is 73.4 Å². The number of aliphatic hydroxyl groups excluding tert-OH is 2. The smallest absolute Gasteiger partial charge is 0.262 e. The minimum absolute atomic E-state index is 0.0732. The Labute approximate surface area is 260 Å². The van der Waals surface area contributed by atoms with Gasteiger partial charge in [-0.15, -0.1) is 0 Å². The van der Waals surface area contributed by atoms with Crippen molar-refractivity contribution in [2.24, 2.45) is 11.8 Å². The monoisotopic (exact) mass is 626 g/mol. The van der Waals surface area contributed by atoms with Crippen LogP contribution in [0.2, 0.25) is 5.02 Å². The second-order valence-electron chi connectivity index (χ2n) is 13.1. The van der Waals surface area contributed by atoms with E-state index in [0.717, 1.165) is 42.8 Å². The third kappa shape index (κ3) is 5.72. The quantitative estimate of drug-likeness (QED) is 0.303. The third-order valence-electron chi connectivity index (χ3n) is 10.4. The van der Waals surface area contributed by atoms with Crippen LogP contribution < -0.4 is 14.4 Å². The average molecular weight is 627 g/mol. The SMILES string of the molecule is C=C1[C@H](O)[C@@H](O)CC[C@@H](CC)S(=C)(=O)NC(=O)c2ccc3c(c2)N(C[C@@H]2CC[C@@H]12)C[C@@]1(CCCc2cc(Cl)ccc21)CO3. The van der Waals surface area contributed by atoms with Crippen molar-refractivity contribution in [3.63, 3.8) is 0 Å². The highest BCUT2D eigenvalue weighted by Gasteiger charge is 2.44. The molecule has 0 saturated heterocycles. The van der Waals surface area contributed by atoms with E-state index in [1.165, 1.54) is 11.1 Å². The molecule has 3 N–H and O–H groups in total. The van der Waals surface area contributed by atoms with Crippen LogP contribution in [0, 0.1) is 11.8 Å². The third-order valence-corrected chi connectivity index (χ3v) is 12.8. The van der Waals surface area contributed by atoms with Crippen molar-refractivity contribution in [1.82, 2.24) is 4.72 Å². The van der Waals surface area contributed by atoms with E-state index in [2.05, 4.69) is 34.2 Å². The number of hydrogen-bond acceptors (Lipinski definition) is 6. The minimum atomic E-state index is -3.03. The van der Waals surface area contributed by atoms with E-state index in [9.17, 15) is 19.2 Å². The number of anilines is 1. The van der Waals surface area contributed by atoms with E-state index in [0.29, 0.717) is 49.4 Å². The molecule has 4 aliphatic rings. The molecule has 2 bridgehead atoms. The van der Waals surface area contributed by atoms with E-state index in [1.807, 2.05) is 25.1 Å². The van der Waals surface area contributed by atoms with Crippen LogP contribution in [0.25, 0.3) is 0 Å². The Bertz CT molecular complexity index is 1530. The number of nitrogens with one attached hydrogen (secondary N) is 1. The number of carbonyl (C=O) groups excluding carboxylic acids is 1. The maximum absolute atomic E-state index is 13.7. The summed E-state index contributed by atoms with van der Waals surface area (Å²) in [5, 5.41) is 22.3. The lowest BCUT2D eigenvalue weighted by atomic mass is 9.67. The summed E-state index contributed by atoms with van der Waals surface area (Å²) in [5.74, 6) is 4.49. The topological polar surface area (TPSA) is 99.1 Å². The van der Waals surface area contributed by atoms with Gasteiger partial charge >= 0.3 is 0 Å². The van der Waals surface area contributed by atoms with Crippen LogP contribution in [-0.4, -0.2) is 63.4 Å². The van der Waals surface area contributed by atoms with Crippen molar-refractivity contribution in [3.8, 4) is 5.75 Å². The number of benzene rings is 2. The fourth-order valence-electron chi connectivity index (χ4n) is 7.76. The fraction of sp³-hybridized carbons (Fsp3) is 0.529. The molecular formula is C34H43ClN2O5S. The lowest BCUT2D eigenvalue weighted by Crippen LogP contribution is -2.49. The van der Waals surface area contributed by atoms with Gasteiger partial charge < -0.3 is 19.8 Å². The van der Waals surface area contributed by atoms with E-state index in [4.69, 9.17) is 16.3 Å². The van der Waals surface area contributed by atoms with E-state index < -0.39 is 33.1 Å². The minimum Gasteiger partial charge on any atom is -0.490 e. The van der Waals surface area contributed by atoms with Gasteiger partial charge in [0.05, 0.1) is 28.1 Å². The average Bonchev–Trinajstić information content (AvgIpc) is 3.11. The van der Waals surface area contributed by atoms with Gasteiger partial charge in [-0.2, -0.15) is 0 Å². The van der Waals surface area contributed by atoms with E-state index >= 15 is 0 Å². The molecule has 6 rings (SSSR count). The first-order valence-electron chi connectivity index (χ1n) is 15.5. The summed E-state index contributed by atoms with van der Waals surface area (Å²) in [7, 11) is -3.03. The first kappa shape index (κ1) is 30.5. The first-order valence-corrected chi connectivity index (χ1v) is 17.7. The Balaban J connectivity index is 1.43. The lowest BCUT2D eigenvalue weighted by Gasteiger charge is -2.46. The van der Waals surface area contributed by atoms with E-state index in [1.54, 1.807) is 6.07 Å². The van der Waals surface area contributed by atoms with Gasteiger partial charge in [-0.3, -0.25) is 9.52 Å². The number of halogens is 1. The van der Waals surface area contributed by atoms with Crippen LogP contribution in [0.3, 0.4) is 0 Å². The summed E-state index contributed by atoms with van der Waals surface area (Å²) < 4.78 is 23.0. The van der Waals surface area contributed by atoms with Gasteiger partial charge in [0.2, 0.25) is 0 Å². The normalized spacial score (nSPS) is 34.7. The molecule has 1 amide bonds. The number of fused-ring (bicyclic) bond motifs is 4. The molecule has 1 saturated carbocycles. The highest BCUT2D eigenvalue weighted by molar-refractivity contribution is 7.99. The zero-order chi connectivity index (χ0) is 30.5. The van der Waals surface area contributed by atoms with Gasteiger partial charge in [0.25, 0.3) is 5.91 Å². The Kier molecular flexibility index (Phi) is 8.35. The second-order valence-corrected chi connectivity index (χ2v) is 15.8. The molecule has 2 aromatic rings. The molecule has 9 heteroatoms. The number of ether oxygens (including phenoxy) is 1. The van der Waals surface area contributed by atoms with Crippen LogP contribution >= 0.6 is 11.6 Å². The molecule has 2 aliphatic heterocycles. The Morgan fingerprint density at radius 1 is 1.16 bits per heavy atom. The summed E-state index contributed by atoms with van der Waals surface area (Å²) in [5.41, 5.74) is 4.16. The predicted octanol–water partition coefficient (Wildman–Crippen LogP) is 5.05. The Morgan fingerprint density at radius 3 is 2.72 bits per heavy atom. The molecule has 7 nitrogen and oxygen atoms in total. The molecule has 232 valence electrons. The molecule has 1 unspecified atom stereocenters. The lowest BCUT2D eigenvalue weighted by molar-refractivity contribution is 0.0203. The number of aliphatic hydroxyl groups is 2. The van der Waals surface area contributed by atoms with Crippen molar-refractivity contribution in [2.75, 3.05) is 24.6 Å². The first-order chi connectivity index (χ1) is 20.5. The Hall–Kier alpha value is -2.52. The number of aryl methyl sites for hydroxylation is 1. The zero-order valence-electron chi connectivity index (χ0n) is 24.9. The number of nitrogens with zero attached hydrogens (tertiary/aromatic N) is 1. The number of hydrogen-bond donors (Lipinski definition) is 3. The van der Waals surface area contributed by atoms with Gasteiger partial charge in [-0.25, -0.2) is 4.21 Å². The molecule has 0 aromatic heterocycles. The van der Waals surface area contributed by atoms with Crippen LogP contribution in [0.4, 0.5) is 5.69 Å². The molecular weight excluding hydrogens is 584 g/mol. The molecule has 1 spiro atoms. The number of carbonyl (C=O) groups is 1.